The Bertz CT molecular complexity index is 269. The van der Waals surface area contributed by atoms with Crippen LogP contribution in [0.4, 0.5) is 0 Å². The van der Waals surface area contributed by atoms with E-state index in [4.69, 9.17) is 9.84 Å². The summed E-state index contributed by atoms with van der Waals surface area (Å²) in [4.78, 5) is 11.1. The van der Waals surface area contributed by atoms with Crippen LogP contribution in [-0.2, 0) is 9.53 Å². The quantitative estimate of drug-likeness (QED) is 0.710. The highest BCUT2D eigenvalue weighted by atomic mass is 16.6. The van der Waals surface area contributed by atoms with Crippen LogP contribution in [0.2, 0.25) is 0 Å². The number of hydrogen-bond acceptors (Lipinski definition) is 3. The van der Waals surface area contributed by atoms with Gasteiger partial charge in [-0.15, -0.1) is 0 Å². The second-order valence-corrected chi connectivity index (χ2v) is 2.70. The molecule has 0 aliphatic rings. The van der Waals surface area contributed by atoms with Crippen molar-refractivity contribution in [1.29, 1.82) is 0 Å². The number of rotatable bonds is 4. The Morgan fingerprint density at radius 2 is 2.08 bits per heavy atom. The monoisotopic (exact) mass is 180 g/mol. The van der Waals surface area contributed by atoms with E-state index in [1.54, 1.807) is 12.1 Å². The molecule has 0 heterocycles. The number of hydrogen-bond donors (Lipinski definition) is 1. The van der Waals surface area contributed by atoms with Crippen LogP contribution in [0.15, 0.2) is 30.3 Å². The van der Waals surface area contributed by atoms with Gasteiger partial charge in [-0.05, 0) is 12.5 Å². The van der Waals surface area contributed by atoms with Crippen molar-refractivity contribution in [1.82, 2.24) is 0 Å². The molecule has 0 saturated carbocycles. The van der Waals surface area contributed by atoms with Crippen molar-refractivity contribution in [3.8, 4) is 0 Å². The van der Waals surface area contributed by atoms with Gasteiger partial charge < -0.3 is 9.84 Å². The minimum absolute atomic E-state index is 0.111. The first-order chi connectivity index (χ1) is 6.25. The van der Waals surface area contributed by atoms with Crippen LogP contribution in [0.25, 0.3) is 0 Å². The van der Waals surface area contributed by atoms with Crippen molar-refractivity contribution in [2.75, 3.05) is 6.79 Å². The van der Waals surface area contributed by atoms with E-state index in [-0.39, 0.29) is 5.78 Å². The van der Waals surface area contributed by atoms with Crippen molar-refractivity contribution >= 4 is 5.78 Å². The van der Waals surface area contributed by atoms with Crippen molar-refractivity contribution < 1.29 is 14.6 Å². The maximum atomic E-state index is 11.1. The number of carbonyl (C=O) groups excluding carboxylic acids is 1. The number of ketones is 1. The highest BCUT2D eigenvalue weighted by molar-refractivity contribution is 5.81. The molecule has 0 aromatic heterocycles. The summed E-state index contributed by atoms with van der Waals surface area (Å²) in [6.45, 7) is 0.993. The molecule has 1 aromatic rings. The second kappa shape index (κ2) is 4.74. The number of aliphatic hydroxyl groups is 1. The van der Waals surface area contributed by atoms with E-state index >= 15 is 0 Å². The van der Waals surface area contributed by atoms with Crippen molar-refractivity contribution in [3.63, 3.8) is 0 Å². The van der Waals surface area contributed by atoms with Crippen molar-refractivity contribution in [2.24, 2.45) is 0 Å². The molecule has 70 valence electrons. The molecular weight excluding hydrogens is 168 g/mol. The lowest BCUT2D eigenvalue weighted by Crippen LogP contribution is -2.13. The number of carbonyl (C=O) groups is 1. The van der Waals surface area contributed by atoms with Crippen molar-refractivity contribution in [2.45, 2.75) is 13.0 Å². The highest BCUT2D eigenvalue weighted by Crippen LogP contribution is 2.17. The smallest absolute Gasteiger partial charge is 0.163 e. The molecule has 0 radical (unpaired) electrons. The summed E-state index contributed by atoms with van der Waals surface area (Å²) >= 11 is 0. The van der Waals surface area contributed by atoms with Gasteiger partial charge in [0.15, 0.2) is 5.78 Å². The first kappa shape index (κ1) is 9.89. The molecule has 3 heteroatoms. The van der Waals surface area contributed by atoms with Crippen LogP contribution >= 0.6 is 0 Å². The van der Waals surface area contributed by atoms with Gasteiger partial charge in [0.2, 0.25) is 0 Å². The normalized spacial score (nSPS) is 12.5. The number of Topliss-reactive ketones (excluding diaryl/α,β-unsaturated/α-hetero) is 1. The fourth-order valence-electron chi connectivity index (χ4n) is 1.15. The summed E-state index contributed by atoms with van der Waals surface area (Å²) < 4.78 is 4.90. The van der Waals surface area contributed by atoms with Gasteiger partial charge in [0, 0.05) is 0 Å². The minimum atomic E-state index is -0.647. The van der Waals surface area contributed by atoms with E-state index in [1.165, 1.54) is 6.92 Å². The molecular formula is C10H12O3. The van der Waals surface area contributed by atoms with Crippen LogP contribution in [0.5, 0.6) is 0 Å². The van der Waals surface area contributed by atoms with Gasteiger partial charge >= 0.3 is 0 Å². The van der Waals surface area contributed by atoms with E-state index in [0.717, 1.165) is 5.56 Å². The van der Waals surface area contributed by atoms with Crippen LogP contribution < -0.4 is 0 Å². The first-order valence-corrected chi connectivity index (χ1v) is 4.03. The van der Waals surface area contributed by atoms with E-state index in [0.29, 0.717) is 0 Å². The van der Waals surface area contributed by atoms with Gasteiger partial charge in [0.05, 0.1) is 0 Å². The third-order valence-corrected chi connectivity index (χ3v) is 1.71. The maximum Gasteiger partial charge on any atom is 0.163 e. The second-order valence-electron chi connectivity index (χ2n) is 2.70. The Balaban J connectivity index is 2.82. The van der Waals surface area contributed by atoms with E-state index in [9.17, 15) is 4.79 Å². The predicted octanol–water partition coefficient (Wildman–Crippen LogP) is 1.28. The van der Waals surface area contributed by atoms with Crippen molar-refractivity contribution in [3.05, 3.63) is 35.9 Å². The molecule has 0 fully saturated rings. The average Bonchev–Trinajstić information content (AvgIpc) is 2.15. The summed E-state index contributed by atoms with van der Waals surface area (Å²) in [5.41, 5.74) is 0.768. The number of aliphatic hydroxyl groups excluding tert-OH is 1. The number of benzene rings is 1. The third-order valence-electron chi connectivity index (χ3n) is 1.71. The molecule has 13 heavy (non-hydrogen) atoms. The molecule has 1 unspecified atom stereocenters. The summed E-state index contributed by atoms with van der Waals surface area (Å²) in [6, 6.07) is 9.10. The molecule has 0 amide bonds. The minimum Gasteiger partial charge on any atom is -0.371 e. The third kappa shape index (κ3) is 2.65. The van der Waals surface area contributed by atoms with Gasteiger partial charge in [0.25, 0.3) is 0 Å². The van der Waals surface area contributed by atoms with Gasteiger partial charge in [-0.3, -0.25) is 4.79 Å². The average molecular weight is 180 g/mol. The molecule has 0 aliphatic heterocycles. The van der Waals surface area contributed by atoms with Gasteiger partial charge in [-0.25, -0.2) is 0 Å². The van der Waals surface area contributed by atoms with Crippen LogP contribution in [0, 0.1) is 0 Å². The zero-order valence-electron chi connectivity index (χ0n) is 7.43. The predicted molar refractivity (Wildman–Crippen MR) is 48.0 cm³/mol. The Hall–Kier alpha value is -1.19. The Morgan fingerprint density at radius 1 is 1.46 bits per heavy atom. The highest BCUT2D eigenvalue weighted by Gasteiger charge is 2.15. The molecule has 1 rings (SSSR count). The summed E-state index contributed by atoms with van der Waals surface area (Å²) in [7, 11) is 0. The molecule has 1 N–H and O–H groups in total. The Labute approximate surface area is 77.0 Å². The van der Waals surface area contributed by atoms with E-state index in [1.807, 2.05) is 18.2 Å². The first-order valence-electron chi connectivity index (χ1n) is 4.03. The lowest BCUT2D eigenvalue weighted by molar-refractivity contribution is -0.135. The summed E-state index contributed by atoms with van der Waals surface area (Å²) in [5.74, 6) is -0.111. The largest absolute Gasteiger partial charge is 0.371 e. The fourth-order valence-corrected chi connectivity index (χ4v) is 1.15. The fraction of sp³-hybridized carbons (Fsp3) is 0.300. The lowest BCUT2D eigenvalue weighted by atomic mass is 10.1. The van der Waals surface area contributed by atoms with E-state index < -0.39 is 12.9 Å². The molecule has 0 spiro atoms. The SMILES string of the molecule is CC(=O)C(OCO)c1ccccc1. The van der Waals surface area contributed by atoms with Gasteiger partial charge in [0.1, 0.15) is 12.9 Å². The zero-order valence-corrected chi connectivity index (χ0v) is 7.43. The van der Waals surface area contributed by atoms with Gasteiger partial charge in [-0.1, -0.05) is 30.3 Å². The van der Waals surface area contributed by atoms with Crippen LogP contribution in [0.1, 0.15) is 18.6 Å². The standard InChI is InChI=1S/C10H12O3/c1-8(12)10(13-7-11)9-5-3-2-4-6-9/h2-6,10-11H,7H2,1H3. The zero-order chi connectivity index (χ0) is 9.68. The maximum absolute atomic E-state index is 11.1. The molecule has 1 aromatic carbocycles. The molecule has 0 aliphatic carbocycles. The molecule has 3 nitrogen and oxygen atoms in total. The van der Waals surface area contributed by atoms with E-state index in [2.05, 4.69) is 0 Å². The molecule has 1 atom stereocenters. The molecule has 0 bridgehead atoms. The van der Waals surface area contributed by atoms with Crippen LogP contribution in [0.3, 0.4) is 0 Å². The Morgan fingerprint density at radius 3 is 2.54 bits per heavy atom. The lowest BCUT2D eigenvalue weighted by Gasteiger charge is -2.12. The summed E-state index contributed by atoms with van der Waals surface area (Å²) in [5, 5.41) is 8.57. The molecule has 0 saturated heterocycles. The number of ether oxygens (including phenoxy) is 1. The van der Waals surface area contributed by atoms with Gasteiger partial charge in [-0.2, -0.15) is 0 Å². The Kier molecular flexibility index (Phi) is 3.61. The topological polar surface area (TPSA) is 46.5 Å². The summed E-state index contributed by atoms with van der Waals surface area (Å²) in [6.07, 6.45) is -0.647. The van der Waals surface area contributed by atoms with Crippen LogP contribution in [-0.4, -0.2) is 17.7 Å².